The Bertz CT molecular complexity index is 522. The molecule has 0 saturated carbocycles. The lowest BCUT2D eigenvalue weighted by Crippen LogP contribution is -2.24. The number of carbonyl (C=O) groups excluding carboxylic acids is 1. The number of hydrogen-bond acceptors (Lipinski definition) is 3. The van der Waals surface area contributed by atoms with Gasteiger partial charge < -0.3 is 4.90 Å². The lowest BCUT2D eigenvalue weighted by molar-refractivity contribution is -0.384. The van der Waals surface area contributed by atoms with Gasteiger partial charge in [0.15, 0.2) is 0 Å². The molecule has 1 amide bonds. The predicted molar refractivity (Wildman–Crippen MR) is 63.3 cm³/mol. The molecule has 88 valence electrons. The molecule has 5 heteroatoms. The standard InChI is InChI=1S/C12H12N2O3/c1-8-11-7-10(14(16)17)4-3-9(11)5-6-13(2)12(8)15/h3-8H,1-2H3. The fourth-order valence-corrected chi connectivity index (χ4v) is 1.91. The van der Waals surface area contributed by atoms with E-state index < -0.39 is 4.92 Å². The van der Waals surface area contributed by atoms with Crippen molar-refractivity contribution >= 4 is 17.7 Å². The van der Waals surface area contributed by atoms with E-state index in [-0.39, 0.29) is 17.5 Å². The first-order valence-corrected chi connectivity index (χ1v) is 5.24. The molecule has 0 bridgehead atoms. The second kappa shape index (κ2) is 4.01. The van der Waals surface area contributed by atoms with E-state index in [2.05, 4.69) is 0 Å². The van der Waals surface area contributed by atoms with Crippen molar-refractivity contribution in [2.24, 2.45) is 0 Å². The van der Waals surface area contributed by atoms with Gasteiger partial charge in [0.25, 0.3) is 5.69 Å². The van der Waals surface area contributed by atoms with E-state index in [0.29, 0.717) is 5.56 Å². The van der Waals surface area contributed by atoms with Crippen LogP contribution in [0.25, 0.3) is 6.08 Å². The number of nitrogens with zero attached hydrogens (tertiary/aromatic N) is 2. The number of rotatable bonds is 1. The van der Waals surface area contributed by atoms with E-state index in [1.807, 2.05) is 0 Å². The van der Waals surface area contributed by atoms with Crippen molar-refractivity contribution in [1.82, 2.24) is 4.90 Å². The molecule has 5 nitrogen and oxygen atoms in total. The van der Waals surface area contributed by atoms with Crippen LogP contribution in [-0.4, -0.2) is 22.8 Å². The minimum Gasteiger partial charge on any atom is -0.322 e. The third-order valence-corrected chi connectivity index (χ3v) is 2.94. The highest BCUT2D eigenvalue weighted by Gasteiger charge is 2.24. The number of benzene rings is 1. The Morgan fingerprint density at radius 3 is 2.76 bits per heavy atom. The number of likely N-dealkylation sites (N-methyl/N-ethyl adjacent to an activating group) is 1. The van der Waals surface area contributed by atoms with Gasteiger partial charge in [-0.1, -0.05) is 0 Å². The predicted octanol–water partition coefficient (Wildman–Crippen LogP) is 2.14. The number of fused-ring (bicyclic) bond motifs is 1. The fraction of sp³-hybridized carbons (Fsp3) is 0.250. The Kier molecular flexibility index (Phi) is 2.67. The van der Waals surface area contributed by atoms with Crippen molar-refractivity contribution in [1.29, 1.82) is 0 Å². The molecular weight excluding hydrogens is 220 g/mol. The monoisotopic (exact) mass is 232 g/mol. The molecule has 0 N–H and O–H groups in total. The molecule has 0 spiro atoms. The lowest BCUT2D eigenvalue weighted by atomic mass is 9.95. The lowest BCUT2D eigenvalue weighted by Gasteiger charge is -2.15. The second-order valence-corrected chi connectivity index (χ2v) is 4.06. The van der Waals surface area contributed by atoms with Crippen molar-refractivity contribution in [3.63, 3.8) is 0 Å². The molecule has 1 unspecified atom stereocenters. The molecule has 1 aromatic carbocycles. The van der Waals surface area contributed by atoms with Crippen molar-refractivity contribution in [2.45, 2.75) is 12.8 Å². The number of amides is 1. The molecule has 0 fully saturated rings. The highest BCUT2D eigenvalue weighted by Crippen LogP contribution is 2.29. The number of carbonyl (C=O) groups is 1. The third-order valence-electron chi connectivity index (χ3n) is 2.94. The zero-order valence-electron chi connectivity index (χ0n) is 9.58. The zero-order valence-corrected chi connectivity index (χ0v) is 9.58. The van der Waals surface area contributed by atoms with Crippen LogP contribution in [0.2, 0.25) is 0 Å². The molecule has 1 aliphatic heterocycles. The van der Waals surface area contributed by atoms with Crippen LogP contribution in [0.5, 0.6) is 0 Å². The molecule has 17 heavy (non-hydrogen) atoms. The summed E-state index contributed by atoms with van der Waals surface area (Å²) >= 11 is 0. The topological polar surface area (TPSA) is 63.5 Å². The van der Waals surface area contributed by atoms with Gasteiger partial charge in [-0.25, -0.2) is 0 Å². The molecule has 1 heterocycles. The first-order chi connectivity index (χ1) is 8.00. The maximum Gasteiger partial charge on any atom is 0.269 e. The van der Waals surface area contributed by atoms with Crippen LogP contribution in [0.4, 0.5) is 5.69 Å². The van der Waals surface area contributed by atoms with Gasteiger partial charge in [0, 0.05) is 25.4 Å². The van der Waals surface area contributed by atoms with Gasteiger partial charge in [-0.3, -0.25) is 14.9 Å². The molecule has 1 aromatic rings. The molecule has 1 atom stereocenters. The summed E-state index contributed by atoms with van der Waals surface area (Å²) in [5.74, 6) is -0.439. The summed E-state index contributed by atoms with van der Waals surface area (Å²) in [4.78, 5) is 23.7. The summed E-state index contributed by atoms with van der Waals surface area (Å²) in [6, 6.07) is 4.60. The van der Waals surface area contributed by atoms with Crippen molar-refractivity contribution in [3.8, 4) is 0 Å². The summed E-state index contributed by atoms with van der Waals surface area (Å²) in [5.41, 5.74) is 1.56. The SMILES string of the molecule is CC1C(=O)N(C)C=Cc2ccc([N+](=O)[O-])cc21. The van der Waals surface area contributed by atoms with Gasteiger partial charge in [-0.15, -0.1) is 0 Å². The van der Waals surface area contributed by atoms with E-state index >= 15 is 0 Å². The molecule has 0 aliphatic carbocycles. The number of nitro groups is 1. The average molecular weight is 232 g/mol. The number of non-ortho nitro benzene ring substituents is 1. The molecule has 0 radical (unpaired) electrons. The molecule has 2 rings (SSSR count). The van der Waals surface area contributed by atoms with Gasteiger partial charge >= 0.3 is 0 Å². The highest BCUT2D eigenvalue weighted by molar-refractivity contribution is 5.87. The van der Waals surface area contributed by atoms with Crippen LogP contribution in [0.15, 0.2) is 24.4 Å². The summed E-state index contributed by atoms with van der Waals surface area (Å²) in [6.45, 7) is 1.76. The average Bonchev–Trinajstić information content (AvgIpc) is 2.42. The highest BCUT2D eigenvalue weighted by atomic mass is 16.6. The largest absolute Gasteiger partial charge is 0.322 e. The molecule has 1 aliphatic rings. The first kappa shape index (κ1) is 11.3. The van der Waals surface area contributed by atoms with Crippen LogP contribution in [0.1, 0.15) is 24.0 Å². The van der Waals surface area contributed by atoms with E-state index in [1.54, 1.807) is 32.3 Å². The van der Waals surface area contributed by atoms with E-state index in [0.717, 1.165) is 5.56 Å². The van der Waals surface area contributed by atoms with Crippen LogP contribution in [0, 0.1) is 10.1 Å². The van der Waals surface area contributed by atoms with Crippen molar-refractivity contribution in [2.75, 3.05) is 7.05 Å². The molecule has 0 aromatic heterocycles. The van der Waals surface area contributed by atoms with Gasteiger partial charge in [0.1, 0.15) is 0 Å². The Morgan fingerprint density at radius 2 is 2.12 bits per heavy atom. The Hall–Kier alpha value is -2.17. The second-order valence-electron chi connectivity index (χ2n) is 4.06. The Labute approximate surface area is 98.5 Å². The maximum atomic E-state index is 11.9. The third kappa shape index (κ3) is 1.91. The first-order valence-electron chi connectivity index (χ1n) is 5.24. The maximum absolute atomic E-state index is 11.9. The number of hydrogen-bond donors (Lipinski definition) is 0. The van der Waals surface area contributed by atoms with Gasteiger partial charge in [0.05, 0.1) is 10.8 Å². The van der Waals surface area contributed by atoms with Crippen molar-refractivity contribution in [3.05, 3.63) is 45.6 Å². The minimum absolute atomic E-state index is 0.0151. The number of nitro benzene ring substituents is 1. The Morgan fingerprint density at radius 1 is 1.41 bits per heavy atom. The van der Waals surface area contributed by atoms with Gasteiger partial charge in [-0.2, -0.15) is 0 Å². The summed E-state index contributed by atoms with van der Waals surface area (Å²) in [6.07, 6.45) is 3.47. The normalized spacial score (nSPS) is 18.8. The van der Waals surface area contributed by atoms with Crippen LogP contribution in [0.3, 0.4) is 0 Å². The van der Waals surface area contributed by atoms with Crippen molar-refractivity contribution < 1.29 is 9.72 Å². The van der Waals surface area contributed by atoms with Crippen LogP contribution < -0.4 is 0 Å². The molecule has 0 saturated heterocycles. The van der Waals surface area contributed by atoms with Gasteiger partial charge in [-0.05, 0) is 30.2 Å². The quantitative estimate of drug-likeness (QED) is 0.550. The van der Waals surface area contributed by atoms with Gasteiger partial charge in [0.2, 0.25) is 5.91 Å². The van der Waals surface area contributed by atoms with E-state index in [1.165, 1.54) is 17.0 Å². The van der Waals surface area contributed by atoms with Crippen LogP contribution >= 0.6 is 0 Å². The smallest absolute Gasteiger partial charge is 0.269 e. The Balaban J connectivity index is 2.56. The fourth-order valence-electron chi connectivity index (χ4n) is 1.91. The van der Waals surface area contributed by atoms with E-state index in [4.69, 9.17) is 0 Å². The summed E-state index contributed by atoms with van der Waals surface area (Å²) < 4.78 is 0. The van der Waals surface area contributed by atoms with E-state index in [9.17, 15) is 14.9 Å². The zero-order chi connectivity index (χ0) is 12.6. The summed E-state index contributed by atoms with van der Waals surface area (Å²) in [5, 5.41) is 10.7. The van der Waals surface area contributed by atoms with Crippen LogP contribution in [-0.2, 0) is 4.79 Å². The molecular formula is C12H12N2O3. The minimum atomic E-state index is -0.449. The summed E-state index contributed by atoms with van der Waals surface area (Å²) in [7, 11) is 1.68.